The number of para-hydroxylation sites is 1. The molecule has 2 fully saturated rings. The molecule has 2 aliphatic heterocycles. The zero-order valence-corrected chi connectivity index (χ0v) is 19.0. The van der Waals surface area contributed by atoms with Gasteiger partial charge in [-0.15, -0.1) is 0 Å². The van der Waals surface area contributed by atoms with Gasteiger partial charge in [0.25, 0.3) is 0 Å². The lowest BCUT2D eigenvalue weighted by molar-refractivity contribution is 0.151. The lowest BCUT2D eigenvalue weighted by Crippen LogP contribution is -2.46. The van der Waals surface area contributed by atoms with Gasteiger partial charge in [0.1, 0.15) is 0 Å². The lowest BCUT2D eigenvalue weighted by Gasteiger charge is -2.41. The van der Waals surface area contributed by atoms with Crippen molar-refractivity contribution in [3.05, 3.63) is 125 Å². The molecule has 2 nitrogen and oxygen atoms in total. The van der Waals surface area contributed by atoms with E-state index in [-0.39, 0.29) is 5.54 Å². The molecule has 9 rings (SSSR count). The van der Waals surface area contributed by atoms with Crippen LogP contribution in [0.2, 0.25) is 0 Å². The zero-order chi connectivity index (χ0) is 22.2. The second-order valence-electron chi connectivity index (χ2n) is 10.7. The Bertz CT molecular complexity index is 1560. The fraction of sp³-hybridized carbons (Fsp3) is 0.188. The molecule has 2 heterocycles. The molecule has 2 saturated heterocycles. The highest BCUT2D eigenvalue weighted by Gasteiger charge is 2.72. The maximum Gasteiger partial charge on any atom is 0.0713 e. The Morgan fingerprint density at radius 2 is 1.00 bits per heavy atom. The molecular weight excluding hydrogens is 412 g/mol. The van der Waals surface area contributed by atoms with Crippen molar-refractivity contribution in [3.63, 3.8) is 0 Å². The van der Waals surface area contributed by atoms with E-state index in [0.29, 0.717) is 23.9 Å². The second-order valence-corrected chi connectivity index (χ2v) is 10.7. The predicted molar refractivity (Wildman–Crippen MR) is 138 cm³/mol. The van der Waals surface area contributed by atoms with Gasteiger partial charge in [-0.25, -0.2) is 5.01 Å². The molecule has 0 N–H and O–H groups in total. The largest absolute Gasteiger partial charge is 0.297 e. The van der Waals surface area contributed by atoms with Crippen molar-refractivity contribution >= 4 is 27.2 Å². The Balaban J connectivity index is 1.40. The number of fused-ring (bicyclic) bond motifs is 12. The molecule has 0 radical (unpaired) electrons. The summed E-state index contributed by atoms with van der Waals surface area (Å²) < 4.78 is 0. The maximum atomic E-state index is 2.79. The van der Waals surface area contributed by atoms with Crippen LogP contribution in [0, 0.1) is 0 Å². The minimum atomic E-state index is -0.0582. The van der Waals surface area contributed by atoms with Gasteiger partial charge in [-0.05, 0) is 62.9 Å². The molecule has 0 saturated carbocycles. The van der Waals surface area contributed by atoms with E-state index in [0.717, 1.165) is 0 Å². The van der Waals surface area contributed by atoms with Gasteiger partial charge in [-0.1, -0.05) is 91.0 Å². The van der Waals surface area contributed by atoms with Crippen molar-refractivity contribution in [1.82, 2.24) is 5.01 Å². The Labute approximate surface area is 199 Å². The van der Waals surface area contributed by atoms with Gasteiger partial charge >= 0.3 is 0 Å². The summed E-state index contributed by atoms with van der Waals surface area (Å²) in [5.74, 6) is 0.860. The minimum absolute atomic E-state index is 0.0582. The molecule has 0 spiro atoms. The van der Waals surface area contributed by atoms with Gasteiger partial charge in [-0.2, -0.15) is 0 Å². The Hall–Kier alpha value is -3.62. The van der Waals surface area contributed by atoms with E-state index in [1.54, 1.807) is 0 Å². The van der Waals surface area contributed by atoms with E-state index in [1.165, 1.54) is 49.5 Å². The first-order valence-electron chi connectivity index (χ1n) is 12.4. The molecule has 2 aliphatic carbocycles. The summed E-state index contributed by atoms with van der Waals surface area (Å²) in [5, 5.41) is 11.2. The molecule has 4 aliphatic rings. The average molecular weight is 437 g/mol. The van der Waals surface area contributed by atoms with Gasteiger partial charge in [0.15, 0.2) is 0 Å². The number of benzene rings is 5. The standard InChI is InChI=1S/C32H24N2/c1-32-28-22-15-5-9-19-11-7-17-24(26(19)22)30(28)33(34(32)21-13-3-2-4-14-21)31-25-18-8-12-20-10-6-16-23(27(20)25)29(31)32/h2-18,28-31H,1H3/t28-,29-,30-,31+,32?/m1/s1. The third-order valence-electron chi connectivity index (χ3n) is 9.39. The molecule has 0 aromatic heterocycles. The van der Waals surface area contributed by atoms with Crippen molar-refractivity contribution in [2.45, 2.75) is 36.4 Å². The highest BCUT2D eigenvalue weighted by molar-refractivity contribution is 5.96. The van der Waals surface area contributed by atoms with Gasteiger partial charge in [0, 0.05) is 11.8 Å². The van der Waals surface area contributed by atoms with Crippen LogP contribution in [0.25, 0.3) is 21.5 Å². The van der Waals surface area contributed by atoms with E-state index >= 15 is 0 Å². The van der Waals surface area contributed by atoms with Gasteiger partial charge in [0.2, 0.25) is 0 Å². The Kier molecular flexibility index (Phi) is 2.99. The third-order valence-corrected chi connectivity index (χ3v) is 9.39. The summed E-state index contributed by atoms with van der Waals surface area (Å²) in [6.07, 6.45) is 0. The first-order chi connectivity index (χ1) is 16.8. The smallest absolute Gasteiger partial charge is 0.0713 e. The van der Waals surface area contributed by atoms with Crippen LogP contribution in [0.5, 0.6) is 0 Å². The van der Waals surface area contributed by atoms with E-state index in [2.05, 4.69) is 120 Å². The average Bonchev–Trinajstić information content (AvgIpc) is 3.56. The fourth-order valence-corrected chi connectivity index (χ4v) is 8.48. The molecule has 6 atom stereocenters. The van der Waals surface area contributed by atoms with Gasteiger partial charge in [0.05, 0.1) is 23.3 Å². The molecule has 5 aromatic rings. The van der Waals surface area contributed by atoms with Gasteiger partial charge in [-0.3, -0.25) is 5.01 Å². The second kappa shape index (κ2) is 5.71. The first kappa shape index (κ1) is 17.8. The van der Waals surface area contributed by atoms with Gasteiger partial charge < -0.3 is 0 Å². The highest BCUT2D eigenvalue weighted by Crippen LogP contribution is 2.75. The van der Waals surface area contributed by atoms with Crippen LogP contribution in [0.3, 0.4) is 0 Å². The van der Waals surface area contributed by atoms with Crippen LogP contribution in [0.1, 0.15) is 53.1 Å². The molecule has 0 amide bonds. The summed E-state index contributed by atoms with van der Waals surface area (Å²) in [4.78, 5) is 0. The minimum Gasteiger partial charge on any atom is -0.297 e. The van der Waals surface area contributed by atoms with Crippen molar-refractivity contribution in [1.29, 1.82) is 0 Å². The molecule has 2 heteroatoms. The number of nitrogens with zero attached hydrogens (tertiary/aromatic N) is 2. The van der Waals surface area contributed by atoms with Crippen molar-refractivity contribution < 1.29 is 0 Å². The molecule has 5 aromatic carbocycles. The summed E-state index contributed by atoms with van der Waals surface area (Å²) in [7, 11) is 0. The number of anilines is 1. The molecule has 2 bridgehead atoms. The quantitative estimate of drug-likeness (QED) is 0.269. The summed E-state index contributed by atoms with van der Waals surface area (Å²) >= 11 is 0. The van der Waals surface area contributed by atoms with E-state index < -0.39 is 0 Å². The van der Waals surface area contributed by atoms with E-state index in [9.17, 15) is 0 Å². The topological polar surface area (TPSA) is 6.48 Å². The number of hydrazine groups is 1. The number of hydrogen-bond acceptors (Lipinski definition) is 2. The van der Waals surface area contributed by atoms with Crippen LogP contribution >= 0.6 is 0 Å². The monoisotopic (exact) mass is 436 g/mol. The van der Waals surface area contributed by atoms with Crippen LogP contribution in [-0.2, 0) is 0 Å². The number of hydrogen-bond donors (Lipinski definition) is 0. The van der Waals surface area contributed by atoms with E-state index in [1.807, 2.05) is 0 Å². The van der Waals surface area contributed by atoms with Crippen LogP contribution in [0.15, 0.2) is 103 Å². The molecule has 34 heavy (non-hydrogen) atoms. The zero-order valence-electron chi connectivity index (χ0n) is 19.0. The van der Waals surface area contributed by atoms with Crippen LogP contribution in [-0.4, -0.2) is 10.5 Å². The third kappa shape index (κ3) is 1.75. The van der Waals surface area contributed by atoms with E-state index in [4.69, 9.17) is 0 Å². The summed E-state index contributed by atoms with van der Waals surface area (Å²) in [6, 6.07) is 39.6. The SMILES string of the molecule is CC12[C@@H]3c4cccc5cccc(c45)[C@H]3N([C@H]3c4cccc5cccc(c45)[C@H]31)N2c1ccccc1. The van der Waals surface area contributed by atoms with Crippen molar-refractivity contribution in [2.75, 3.05) is 5.01 Å². The normalized spacial score (nSPS) is 31.4. The summed E-state index contributed by atoms with van der Waals surface area (Å²) in [6.45, 7) is 2.55. The Morgan fingerprint density at radius 3 is 1.50 bits per heavy atom. The highest BCUT2D eigenvalue weighted by atomic mass is 15.7. The lowest BCUT2D eigenvalue weighted by atomic mass is 9.66. The molecule has 162 valence electrons. The number of rotatable bonds is 1. The van der Waals surface area contributed by atoms with Crippen molar-refractivity contribution in [3.8, 4) is 0 Å². The maximum absolute atomic E-state index is 2.79. The van der Waals surface area contributed by atoms with Crippen LogP contribution in [0.4, 0.5) is 5.69 Å². The van der Waals surface area contributed by atoms with Crippen LogP contribution < -0.4 is 5.01 Å². The molecule has 2 unspecified atom stereocenters. The first-order valence-corrected chi connectivity index (χ1v) is 12.4. The summed E-state index contributed by atoms with van der Waals surface area (Å²) in [5.41, 5.74) is 7.32. The van der Waals surface area contributed by atoms with Crippen molar-refractivity contribution in [2.24, 2.45) is 0 Å². The number of piperidine rings is 1. The Morgan fingerprint density at radius 1 is 0.529 bits per heavy atom. The fourth-order valence-electron chi connectivity index (χ4n) is 8.48. The predicted octanol–water partition coefficient (Wildman–Crippen LogP) is 7.48. The molecular formula is C32H24N2.